The van der Waals surface area contributed by atoms with Gasteiger partial charge in [-0.1, -0.05) is 28.9 Å². The summed E-state index contributed by atoms with van der Waals surface area (Å²) in [5.74, 6) is -1.72. The molecule has 0 aliphatic heterocycles. The van der Waals surface area contributed by atoms with Gasteiger partial charge in [0.25, 0.3) is 0 Å². The molecule has 0 aromatic heterocycles. The minimum Gasteiger partial charge on any atom is -0.306 e. The van der Waals surface area contributed by atoms with Crippen molar-refractivity contribution in [3.8, 4) is 0 Å². The molecule has 2 aromatic carbocycles. The second kappa shape index (κ2) is 6.62. The van der Waals surface area contributed by atoms with Crippen molar-refractivity contribution in [1.29, 1.82) is 0 Å². The summed E-state index contributed by atoms with van der Waals surface area (Å²) in [5.41, 5.74) is 0.713. The first-order valence-corrected chi connectivity index (χ1v) is 7.37. The van der Waals surface area contributed by atoms with Crippen LogP contribution in [0.4, 0.5) is 13.2 Å². The van der Waals surface area contributed by atoms with Crippen molar-refractivity contribution >= 4 is 15.9 Å². The van der Waals surface area contributed by atoms with Gasteiger partial charge in [-0.2, -0.15) is 0 Å². The molecule has 1 atom stereocenters. The van der Waals surface area contributed by atoms with Crippen molar-refractivity contribution in [2.24, 2.45) is 0 Å². The van der Waals surface area contributed by atoms with Crippen LogP contribution in [0.15, 0.2) is 34.8 Å². The number of rotatable bonds is 4. The van der Waals surface area contributed by atoms with E-state index in [1.54, 1.807) is 6.92 Å². The zero-order valence-electron chi connectivity index (χ0n) is 11.7. The van der Waals surface area contributed by atoms with Crippen LogP contribution in [0.5, 0.6) is 0 Å². The lowest BCUT2D eigenvalue weighted by Gasteiger charge is -2.22. The molecular weight excluding hydrogens is 343 g/mol. The predicted molar refractivity (Wildman–Crippen MR) is 80.7 cm³/mol. The van der Waals surface area contributed by atoms with Gasteiger partial charge in [0.15, 0.2) is 0 Å². The minimum atomic E-state index is -0.764. The molecule has 0 spiro atoms. The van der Waals surface area contributed by atoms with Gasteiger partial charge in [0.1, 0.15) is 17.5 Å². The molecule has 0 saturated heterocycles. The third kappa shape index (κ3) is 3.30. The molecule has 5 heteroatoms. The Kier molecular flexibility index (Phi) is 5.06. The van der Waals surface area contributed by atoms with Gasteiger partial charge in [-0.3, -0.25) is 0 Å². The highest BCUT2D eigenvalue weighted by Gasteiger charge is 2.24. The average molecular weight is 358 g/mol. The fourth-order valence-electron chi connectivity index (χ4n) is 2.25. The summed E-state index contributed by atoms with van der Waals surface area (Å²) in [5, 5.41) is 3.02. The molecule has 2 aromatic rings. The molecular formula is C16H15BrF3N. The van der Waals surface area contributed by atoms with Crippen LogP contribution < -0.4 is 5.32 Å². The zero-order chi connectivity index (χ0) is 15.6. The lowest BCUT2D eigenvalue weighted by atomic mass is 9.96. The SMILES string of the molecule is CCNC(c1cc(F)ccc1Br)c1c(F)ccc(C)c1F. The maximum atomic E-state index is 14.4. The predicted octanol–water partition coefficient (Wildman–Crippen LogP) is 4.87. The van der Waals surface area contributed by atoms with Gasteiger partial charge >= 0.3 is 0 Å². The van der Waals surface area contributed by atoms with Gasteiger partial charge in [-0.05, 0) is 48.9 Å². The number of nitrogens with one attached hydrogen (secondary N) is 1. The normalized spacial score (nSPS) is 12.5. The molecule has 21 heavy (non-hydrogen) atoms. The fourth-order valence-corrected chi connectivity index (χ4v) is 2.73. The highest BCUT2D eigenvalue weighted by Crippen LogP contribution is 2.33. The van der Waals surface area contributed by atoms with E-state index in [2.05, 4.69) is 21.2 Å². The van der Waals surface area contributed by atoms with E-state index in [1.165, 1.54) is 30.3 Å². The van der Waals surface area contributed by atoms with Crippen LogP contribution in [0.3, 0.4) is 0 Å². The van der Waals surface area contributed by atoms with Crippen LogP contribution in [0.2, 0.25) is 0 Å². The van der Waals surface area contributed by atoms with Crippen LogP contribution in [0.25, 0.3) is 0 Å². The third-order valence-electron chi connectivity index (χ3n) is 3.29. The zero-order valence-corrected chi connectivity index (χ0v) is 13.3. The first-order chi connectivity index (χ1) is 9.95. The molecule has 0 amide bonds. The van der Waals surface area contributed by atoms with Crippen molar-refractivity contribution in [3.05, 3.63) is 68.9 Å². The maximum Gasteiger partial charge on any atom is 0.134 e. The molecule has 1 N–H and O–H groups in total. The van der Waals surface area contributed by atoms with Gasteiger partial charge in [0.2, 0.25) is 0 Å². The number of hydrogen-bond donors (Lipinski definition) is 1. The molecule has 0 aliphatic rings. The molecule has 1 unspecified atom stereocenters. The monoisotopic (exact) mass is 357 g/mol. The van der Waals surface area contributed by atoms with Crippen molar-refractivity contribution in [3.63, 3.8) is 0 Å². The number of aryl methyl sites for hydroxylation is 1. The van der Waals surface area contributed by atoms with E-state index in [0.29, 0.717) is 22.1 Å². The minimum absolute atomic E-state index is 0.0943. The second-order valence-corrected chi connectivity index (χ2v) is 5.60. The van der Waals surface area contributed by atoms with Crippen LogP contribution in [0, 0.1) is 24.4 Å². The van der Waals surface area contributed by atoms with E-state index in [-0.39, 0.29) is 5.56 Å². The van der Waals surface area contributed by atoms with Crippen molar-refractivity contribution in [2.75, 3.05) is 6.54 Å². The van der Waals surface area contributed by atoms with Gasteiger partial charge < -0.3 is 5.32 Å². The Morgan fingerprint density at radius 1 is 1.14 bits per heavy atom. The van der Waals surface area contributed by atoms with E-state index in [1.807, 2.05) is 6.92 Å². The van der Waals surface area contributed by atoms with Gasteiger partial charge in [-0.25, -0.2) is 13.2 Å². The summed E-state index contributed by atoms with van der Waals surface area (Å²) < 4.78 is 42.6. The van der Waals surface area contributed by atoms with Crippen molar-refractivity contribution in [2.45, 2.75) is 19.9 Å². The van der Waals surface area contributed by atoms with E-state index in [9.17, 15) is 13.2 Å². The summed E-state index contributed by atoms with van der Waals surface area (Å²) in [7, 11) is 0. The molecule has 0 aliphatic carbocycles. The molecule has 0 bridgehead atoms. The lowest BCUT2D eigenvalue weighted by Crippen LogP contribution is -2.25. The first kappa shape index (κ1) is 16.0. The number of halogens is 4. The smallest absolute Gasteiger partial charge is 0.134 e. The Morgan fingerprint density at radius 2 is 1.86 bits per heavy atom. The largest absolute Gasteiger partial charge is 0.306 e. The Morgan fingerprint density at radius 3 is 2.52 bits per heavy atom. The third-order valence-corrected chi connectivity index (χ3v) is 4.01. The molecule has 1 nitrogen and oxygen atoms in total. The topological polar surface area (TPSA) is 12.0 Å². The highest BCUT2D eigenvalue weighted by atomic mass is 79.9. The van der Waals surface area contributed by atoms with E-state index < -0.39 is 23.5 Å². The fraction of sp³-hybridized carbons (Fsp3) is 0.250. The summed E-state index contributed by atoms with van der Waals surface area (Å²) in [6.45, 7) is 3.88. The Balaban J connectivity index is 2.64. The molecule has 112 valence electrons. The lowest BCUT2D eigenvalue weighted by molar-refractivity contribution is 0.504. The maximum absolute atomic E-state index is 14.4. The molecule has 2 rings (SSSR count). The molecule has 0 fully saturated rings. The van der Waals surface area contributed by atoms with Crippen molar-refractivity contribution in [1.82, 2.24) is 5.32 Å². The molecule has 0 radical (unpaired) electrons. The average Bonchev–Trinajstić information content (AvgIpc) is 2.45. The Hall–Kier alpha value is -1.33. The van der Waals surface area contributed by atoms with Gasteiger partial charge in [-0.15, -0.1) is 0 Å². The summed E-state index contributed by atoms with van der Waals surface area (Å²) in [6.07, 6.45) is 0. The quantitative estimate of drug-likeness (QED) is 0.822. The van der Waals surface area contributed by atoms with Crippen LogP contribution >= 0.6 is 15.9 Å². The Labute approximate surface area is 130 Å². The van der Waals surface area contributed by atoms with Crippen molar-refractivity contribution < 1.29 is 13.2 Å². The van der Waals surface area contributed by atoms with E-state index in [0.717, 1.165) is 0 Å². The summed E-state index contributed by atoms with van der Waals surface area (Å²) >= 11 is 3.31. The van der Waals surface area contributed by atoms with Gasteiger partial charge in [0, 0.05) is 10.0 Å². The van der Waals surface area contributed by atoms with E-state index >= 15 is 0 Å². The number of hydrogen-bond acceptors (Lipinski definition) is 1. The Bertz CT molecular complexity index is 658. The molecule has 0 heterocycles. The second-order valence-electron chi connectivity index (χ2n) is 4.75. The van der Waals surface area contributed by atoms with Crippen LogP contribution in [-0.2, 0) is 0 Å². The highest BCUT2D eigenvalue weighted by molar-refractivity contribution is 9.10. The standard InChI is InChI=1S/C16H15BrF3N/c1-3-21-16(11-8-10(18)5-6-12(11)17)14-13(19)7-4-9(2)15(14)20/h4-8,16,21H,3H2,1-2H3. The van der Waals surface area contributed by atoms with Gasteiger partial charge in [0.05, 0.1) is 6.04 Å². The number of benzene rings is 2. The summed E-state index contributed by atoms with van der Waals surface area (Å²) in [6, 6.07) is 5.95. The van der Waals surface area contributed by atoms with E-state index in [4.69, 9.17) is 0 Å². The molecule has 0 saturated carbocycles. The summed E-state index contributed by atoms with van der Waals surface area (Å²) in [4.78, 5) is 0. The first-order valence-electron chi connectivity index (χ1n) is 6.58. The van der Waals surface area contributed by atoms with Crippen LogP contribution in [-0.4, -0.2) is 6.54 Å². The van der Waals surface area contributed by atoms with Crippen LogP contribution in [0.1, 0.15) is 29.7 Å².